The van der Waals surface area contributed by atoms with Gasteiger partial charge >= 0.3 is 0 Å². The molecule has 0 aliphatic heterocycles. The summed E-state index contributed by atoms with van der Waals surface area (Å²) >= 11 is 0. The highest BCUT2D eigenvalue weighted by molar-refractivity contribution is 5.35. The summed E-state index contributed by atoms with van der Waals surface area (Å²) in [7, 11) is 0. The van der Waals surface area contributed by atoms with Crippen molar-refractivity contribution < 1.29 is 5.11 Å². The average molecular weight is 276 g/mol. The van der Waals surface area contributed by atoms with Crippen LogP contribution in [0.4, 0.5) is 0 Å². The predicted octanol–water partition coefficient (Wildman–Crippen LogP) is 6.02. The van der Waals surface area contributed by atoms with E-state index in [4.69, 9.17) is 0 Å². The number of aryl methyl sites for hydroxylation is 2. The standard InChI is InChI=1S/C19H32O/c1-16(2)11-9-7-5-4-6-8-10-12-18-15-17(3)13-14-19(18)20/h13-16,20H,4-12H2,1-3H3. The van der Waals surface area contributed by atoms with Crippen LogP contribution >= 0.6 is 0 Å². The summed E-state index contributed by atoms with van der Waals surface area (Å²) in [4.78, 5) is 0. The lowest BCUT2D eigenvalue weighted by Crippen LogP contribution is -1.89. The Morgan fingerprint density at radius 3 is 2.15 bits per heavy atom. The second-order valence-corrected chi connectivity index (χ2v) is 6.54. The molecule has 0 aliphatic carbocycles. The molecule has 0 aliphatic rings. The van der Waals surface area contributed by atoms with Gasteiger partial charge in [-0.25, -0.2) is 0 Å². The lowest BCUT2D eigenvalue weighted by molar-refractivity contribution is 0.465. The molecule has 0 atom stereocenters. The van der Waals surface area contributed by atoms with Crippen molar-refractivity contribution in [2.24, 2.45) is 5.92 Å². The Labute approximate surface area is 125 Å². The van der Waals surface area contributed by atoms with Crippen LogP contribution in [0.25, 0.3) is 0 Å². The SMILES string of the molecule is Cc1ccc(O)c(CCCCCCCCCC(C)C)c1. The van der Waals surface area contributed by atoms with E-state index in [1.165, 1.54) is 56.9 Å². The quantitative estimate of drug-likeness (QED) is 0.518. The number of rotatable bonds is 10. The van der Waals surface area contributed by atoms with E-state index in [-0.39, 0.29) is 0 Å². The van der Waals surface area contributed by atoms with Gasteiger partial charge in [0.15, 0.2) is 0 Å². The fraction of sp³-hybridized carbons (Fsp3) is 0.684. The molecule has 0 radical (unpaired) electrons. The summed E-state index contributed by atoms with van der Waals surface area (Å²) in [5, 5.41) is 9.78. The van der Waals surface area contributed by atoms with Gasteiger partial charge in [0, 0.05) is 0 Å². The van der Waals surface area contributed by atoms with Crippen LogP contribution in [0.3, 0.4) is 0 Å². The Hall–Kier alpha value is -0.980. The summed E-state index contributed by atoms with van der Waals surface area (Å²) in [6.07, 6.45) is 11.8. The van der Waals surface area contributed by atoms with Crippen molar-refractivity contribution in [3.8, 4) is 5.75 Å². The Morgan fingerprint density at radius 2 is 1.50 bits per heavy atom. The first kappa shape index (κ1) is 17.1. The number of benzene rings is 1. The maximum Gasteiger partial charge on any atom is 0.118 e. The van der Waals surface area contributed by atoms with Crippen molar-refractivity contribution in [3.63, 3.8) is 0 Å². The highest BCUT2D eigenvalue weighted by Gasteiger charge is 2.01. The summed E-state index contributed by atoms with van der Waals surface area (Å²) < 4.78 is 0. The minimum Gasteiger partial charge on any atom is -0.508 e. The van der Waals surface area contributed by atoms with Gasteiger partial charge < -0.3 is 5.11 Å². The molecule has 114 valence electrons. The molecule has 1 rings (SSSR count). The molecule has 0 bridgehead atoms. The van der Waals surface area contributed by atoms with Crippen LogP contribution in [0.1, 0.15) is 76.3 Å². The normalized spacial score (nSPS) is 11.2. The molecule has 0 fully saturated rings. The molecule has 1 nitrogen and oxygen atoms in total. The van der Waals surface area contributed by atoms with Crippen LogP contribution in [0.15, 0.2) is 18.2 Å². The van der Waals surface area contributed by atoms with Gasteiger partial charge in [-0.05, 0) is 37.3 Å². The van der Waals surface area contributed by atoms with Crippen molar-refractivity contribution in [1.29, 1.82) is 0 Å². The smallest absolute Gasteiger partial charge is 0.118 e. The number of hydrogen-bond acceptors (Lipinski definition) is 1. The third kappa shape index (κ3) is 7.57. The maximum atomic E-state index is 9.78. The van der Waals surface area contributed by atoms with Crippen molar-refractivity contribution in [2.75, 3.05) is 0 Å². The van der Waals surface area contributed by atoms with Crippen LogP contribution in [-0.4, -0.2) is 5.11 Å². The second-order valence-electron chi connectivity index (χ2n) is 6.54. The van der Waals surface area contributed by atoms with Gasteiger partial charge in [0.2, 0.25) is 0 Å². The number of hydrogen-bond donors (Lipinski definition) is 1. The van der Waals surface area contributed by atoms with Gasteiger partial charge in [0.25, 0.3) is 0 Å². The molecule has 0 heterocycles. The van der Waals surface area contributed by atoms with E-state index in [0.29, 0.717) is 5.75 Å². The van der Waals surface area contributed by atoms with E-state index in [2.05, 4.69) is 26.8 Å². The Balaban J connectivity index is 2.01. The second kappa shape index (κ2) is 9.85. The molecule has 0 saturated heterocycles. The molecule has 0 unspecified atom stereocenters. The van der Waals surface area contributed by atoms with Crippen LogP contribution in [-0.2, 0) is 6.42 Å². The van der Waals surface area contributed by atoms with E-state index < -0.39 is 0 Å². The van der Waals surface area contributed by atoms with Gasteiger partial charge in [-0.1, -0.05) is 76.5 Å². The largest absolute Gasteiger partial charge is 0.508 e. The zero-order valence-electron chi connectivity index (χ0n) is 13.6. The first-order chi connectivity index (χ1) is 9.59. The summed E-state index contributed by atoms with van der Waals surface area (Å²) in [6, 6.07) is 5.90. The number of phenols is 1. The molecule has 1 aromatic carbocycles. The van der Waals surface area contributed by atoms with E-state index in [0.717, 1.165) is 17.9 Å². The molecule has 0 amide bonds. The minimum atomic E-state index is 0.462. The van der Waals surface area contributed by atoms with Crippen molar-refractivity contribution >= 4 is 0 Å². The lowest BCUT2D eigenvalue weighted by atomic mass is 10.0. The molecule has 1 N–H and O–H groups in total. The fourth-order valence-electron chi connectivity index (χ4n) is 2.67. The van der Waals surface area contributed by atoms with Gasteiger partial charge in [-0.3, -0.25) is 0 Å². The summed E-state index contributed by atoms with van der Waals surface area (Å²) in [6.45, 7) is 6.70. The molecule has 0 aromatic heterocycles. The Bertz CT molecular complexity index is 368. The molecular formula is C19H32O. The third-order valence-electron chi connectivity index (χ3n) is 3.96. The number of aromatic hydroxyl groups is 1. The Morgan fingerprint density at radius 1 is 0.900 bits per heavy atom. The molecule has 1 heteroatoms. The van der Waals surface area contributed by atoms with Crippen molar-refractivity contribution in [1.82, 2.24) is 0 Å². The summed E-state index contributed by atoms with van der Waals surface area (Å²) in [5.41, 5.74) is 2.35. The highest BCUT2D eigenvalue weighted by Crippen LogP contribution is 2.21. The van der Waals surface area contributed by atoms with E-state index in [9.17, 15) is 5.11 Å². The van der Waals surface area contributed by atoms with Gasteiger partial charge in [-0.2, -0.15) is 0 Å². The molecular weight excluding hydrogens is 244 g/mol. The number of unbranched alkanes of at least 4 members (excludes halogenated alkanes) is 6. The zero-order valence-corrected chi connectivity index (χ0v) is 13.6. The number of phenolic OH excluding ortho intramolecular Hbond substituents is 1. The van der Waals surface area contributed by atoms with Crippen LogP contribution in [0, 0.1) is 12.8 Å². The molecule has 20 heavy (non-hydrogen) atoms. The summed E-state index contributed by atoms with van der Waals surface area (Å²) in [5.74, 6) is 1.32. The zero-order chi connectivity index (χ0) is 14.8. The Kier molecular flexibility index (Phi) is 8.41. The molecule has 1 aromatic rings. The highest BCUT2D eigenvalue weighted by atomic mass is 16.3. The first-order valence-corrected chi connectivity index (χ1v) is 8.38. The van der Waals surface area contributed by atoms with E-state index >= 15 is 0 Å². The van der Waals surface area contributed by atoms with E-state index in [1.807, 2.05) is 12.1 Å². The fourth-order valence-corrected chi connectivity index (χ4v) is 2.67. The first-order valence-electron chi connectivity index (χ1n) is 8.38. The van der Waals surface area contributed by atoms with E-state index in [1.54, 1.807) is 0 Å². The molecule has 0 saturated carbocycles. The predicted molar refractivity (Wildman–Crippen MR) is 88.3 cm³/mol. The van der Waals surface area contributed by atoms with Gasteiger partial charge in [-0.15, -0.1) is 0 Å². The monoisotopic (exact) mass is 276 g/mol. The van der Waals surface area contributed by atoms with Gasteiger partial charge in [0.1, 0.15) is 5.75 Å². The van der Waals surface area contributed by atoms with Gasteiger partial charge in [0.05, 0.1) is 0 Å². The molecule has 0 spiro atoms. The lowest BCUT2D eigenvalue weighted by Gasteiger charge is -2.06. The topological polar surface area (TPSA) is 20.2 Å². The maximum absolute atomic E-state index is 9.78. The minimum absolute atomic E-state index is 0.462. The average Bonchev–Trinajstić information content (AvgIpc) is 2.40. The van der Waals surface area contributed by atoms with Crippen molar-refractivity contribution in [2.45, 2.75) is 78.6 Å². The van der Waals surface area contributed by atoms with Crippen LogP contribution < -0.4 is 0 Å². The van der Waals surface area contributed by atoms with Crippen molar-refractivity contribution in [3.05, 3.63) is 29.3 Å². The van der Waals surface area contributed by atoms with Crippen LogP contribution in [0.5, 0.6) is 5.75 Å². The third-order valence-corrected chi connectivity index (χ3v) is 3.96. The van der Waals surface area contributed by atoms with Crippen LogP contribution in [0.2, 0.25) is 0 Å².